The summed E-state index contributed by atoms with van der Waals surface area (Å²) < 4.78 is 0. The van der Waals surface area contributed by atoms with Crippen molar-refractivity contribution in [3.8, 4) is 11.8 Å². The molecular formula is C15H21NO2S. The van der Waals surface area contributed by atoms with Crippen LogP contribution in [-0.2, 0) is 6.54 Å². The standard InChI is InChI=1S/C15H21NO2S/c17-10-2-5-13-4-1-9-16(13)12-15-8-7-14(19-15)6-3-11-18/h7-8,13,17-18H,1-2,4-5,9-12H2. The molecule has 0 radical (unpaired) electrons. The smallest absolute Gasteiger partial charge is 0.104 e. The predicted molar refractivity (Wildman–Crippen MR) is 78.0 cm³/mol. The molecular weight excluding hydrogens is 258 g/mol. The second-order valence-corrected chi connectivity index (χ2v) is 6.03. The molecule has 1 aromatic rings. The van der Waals surface area contributed by atoms with Gasteiger partial charge >= 0.3 is 0 Å². The van der Waals surface area contributed by atoms with Gasteiger partial charge in [-0.1, -0.05) is 11.8 Å². The summed E-state index contributed by atoms with van der Waals surface area (Å²) in [4.78, 5) is 4.87. The lowest BCUT2D eigenvalue weighted by Gasteiger charge is -2.23. The number of hydrogen-bond donors (Lipinski definition) is 2. The van der Waals surface area contributed by atoms with Gasteiger partial charge in [-0.15, -0.1) is 11.3 Å². The SMILES string of the molecule is OCC#Cc1ccc(CN2CCCC2CCCO)s1. The van der Waals surface area contributed by atoms with Crippen LogP contribution in [0.5, 0.6) is 0 Å². The van der Waals surface area contributed by atoms with Crippen molar-refractivity contribution in [3.63, 3.8) is 0 Å². The van der Waals surface area contributed by atoms with E-state index in [9.17, 15) is 0 Å². The van der Waals surface area contributed by atoms with Crippen molar-refractivity contribution in [1.82, 2.24) is 4.90 Å². The van der Waals surface area contributed by atoms with Crippen molar-refractivity contribution in [2.45, 2.75) is 38.3 Å². The van der Waals surface area contributed by atoms with Crippen LogP contribution in [0.25, 0.3) is 0 Å². The molecule has 0 spiro atoms. The minimum absolute atomic E-state index is 0.0808. The number of aliphatic hydroxyl groups excluding tert-OH is 2. The molecule has 2 N–H and O–H groups in total. The molecule has 1 aromatic heterocycles. The van der Waals surface area contributed by atoms with Gasteiger partial charge in [0.1, 0.15) is 6.61 Å². The van der Waals surface area contributed by atoms with Crippen LogP contribution in [0.2, 0.25) is 0 Å². The zero-order valence-corrected chi connectivity index (χ0v) is 12.0. The van der Waals surface area contributed by atoms with Gasteiger partial charge < -0.3 is 10.2 Å². The molecule has 0 aliphatic carbocycles. The van der Waals surface area contributed by atoms with Gasteiger partial charge in [0.15, 0.2) is 0 Å². The highest BCUT2D eigenvalue weighted by atomic mass is 32.1. The molecule has 1 fully saturated rings. The number of aliphatic hydroxyl groups is 2. The van der Waals surface area contributed by atoms with Gasteiger partial charge in [0.2, 0.25) is 0 Å². The fraction of sp³-hybridized carbons (Fsp3) is 0.600. The van der Waals surface area contributed by atoms with E-state index >= 15 is 0 Å². The molecule has 104 valence electrons. The molecule has 2 rings (SSSR count). The van der Waals surface area contributed by atoms with E-state index in [2.05, 4.69) is 22.8 Å². The van der Waals surface area contributed by atoms with Crippen LogP contribution >= 0.6 is 11.3 Å². The minimum Gasteiger partial charge on any atom is -0.396 e. The average molecular weight is 279 g/mol. The highest BCUT2D eigenvalue weighted by Gasteiger charge is 2.24. The van der Waals surface area contributed by atoms with Gasteiger partial charge in [-0.25, -0.2) is 0 Å². The molecule has 0 bridgehead atoms. The molecule has 19 heavy (non-hydrogen) atoms. The normalized spacial score (nSPS) is 19.4. The Hall–Kier alpha value is -0.860. The van der Waals surface area contributed by atoms with Crippen molar-refractivity contribution < 1.29 is 10.2 Å². The van der Waals surface area contributed by atoms with Gasteiger partial charge in [-0.2, -0.15) is 0 Å². The highest BCUT2D eigenvalue weighted by molar-refractivity contribution is 7.12. The second-order valence-electron chi connectivity index (χ2n) is 4.86. The van der Waals surface area contributed by atoms with Crippen LogP contribution in [0.3, 0.4) is 0 Å². The van der Waals surface area contributed by atoms with E-state index in [0.29, 0.717) is 12.6 Å². The quantitative estimate of drug-likeness (QED) is 0.808. The molecule has 1 unspecified atom stereocenters. The Morgan fingerprint density at radius 1 is 1.37 bits per heavy atom. The van der Waals surface area contributed by atoms with E-state index in [1.807, 2.05) is 6.07 Å². The summed E-state index contributed by atoms with van der Waals surface area (Å²) in [5, 5.41) is 17.6. The van der Waals surface area contributed by atoms with Crippen LogP contribution < -0.4 is 0 Å². The number of thiophene rings is 1. The van der Waals surface area contributed by atoms with Crippen molar-refractivity contribution in [2.24, 2.45) is 0 Å². The van der Waals surface area contributed by atoms with Crippen LogP contribution in [0, 0.1) is 11.8 Å². The van der Waals surface area contributed by atoms with Gasteiger partial charge in [-0.05, 0) is 44.4 Å². The summed E-state index contributed by atoms with van der Waals surface area (Å²) in [6.07, 6.45) is 4.51. The van der Waals surface area contributed by atoms with E-state index < -0.39 is 0 Å². The molecule has 3 nitrogen and oxygen atoms in total. The number of likely N-dealkylation sites (tertiary alicyclic amines) is 1. The van der Waals surface area contributed by atoms with Crippen LogP contribution in [0.4, 0.5) is 0 Å². The zero-order chi connectivity index (χ0) is 13.5. The molecule has 2 heterocycles. The van der Waals surface area contributed by atoms with E-state index in [1.165, 1.54) is 17.7 Å². The molecule has 1 aliphatic heterocycles. The fourth-order valence-corrected chi connectivity index (χ4v) is 3.52. The third kappa shape index (κ3) is 4.32. The van der Waals surface area contributed by atoms with Crippen molar-refractivity contribution in [1.29, 1.82) is 0 Å². The molecule has 4 heteroatoms. The topological polar surface area (TPSA) is 43.7 Å². The number of hydrogen-bond acceptors (Lipinski definition) is 4. The Balaban J connectivity index is 1.90. The molecule has 0 amide bonds. The second kappa shape index (κ2) is 7.66. The first kappa shape index (κ1) is 14.5. The molecule has 0 aromatic carbocycles. The van der Waals surface area contributed by atoms with Crippen LogP contribution in [0.15, 0.2) is 12.1 Å². The van der Waals surface area contributed by atoms with Crippen molar-refractivity contribution in [2.75, 3.05) is 19.8 Å². The van der Waals surface area contributed by atoms with E-state index in [0.717, 1.165) is 30.8 Å². The summed E-state index contributed by atoms with van der Waals surface area (Å²) in [6.45, 7) is 2.36. The van der Waals surface area contributed by atoms with E-state index in [-0.39, 0.29) is 6.61 Å². The van der Waals surface area contributed by atoms with Gasteiger partial charge in [0.05, 0.1) is 4.88 Å². The fourth-order valence-electron chi connectivity index (χ4n) is 2.61. The maximum atomic E-state index is 8.94. The highest BCUT2D eigenvalue weighted by Crippen LogP contribution is 2.26. The first-order valence-electron chi connectivity index (χ1n) is 6.87. The Labute approximate surface area is 118 Å². The van der Waals surface area contributed by atoms with Crippen LogP contribution in [-0.4, -0.2) is 40.9 Å². The summed E-state index contributed by atoms with van der Waals surface area (Å²) in [5.74, 6) is 5.63. The Kier molecular flexibility index (Phi) is 5.87. The third-order valence-corrected chi connectivity index (χ3v) is 4.49. The van der Waals surface area contributed by atoms with Crippen molar-refractivity contribution in [3.05, 3.63) is 21.9 Å². The molecule has 1 atom stereocenters. The number of rotatable bonds is 5. The first-order chi connectivity index (χ1) is 9.33. The lowest BCUT2D eigenvalue weighted by Crippen LogP contribution is -2.28. The molecule has 1 saturated heterocycles. The largest absolute Gasteiger partial charge is 0.396 e. The summed E-state index contributed by atoms with van der Waals surface area (Å²) in [7, 11) is 0. The monoisotopic (exact) mass is 279 g/mol. The van der Waals surface area contributed by atoms with Crippen LogP contribution in [0.1, 0.15) is 35.4 Å². The van der Waals surface area contributed by atoms with Gasteiger partial charge in [-0.3, -0.25) is 4.90 Å². The number of nitrogens with zero attached hydrogens (tertiary/aromatic N) is 1. The minimum atomic E-state index is -0.0808. The summed E-state index contributed by atoms with van der Waals surface area (Å²) in [5.41, 5.74) is 0. The van der Waals surface area contributed by atoms with E-state index in [4.69, 9.17) is 10.2 Å². The van der Waals surface area contributed by atoms with Crippen molar-refractivity contribution >= 4 is 11.3 Å². The predicted octanol–water partition coefficient (Wildman–Crippen LogP) is 1.83. The summed E-state index contributed by atoms with van der Waals surface area (Å²) in [6, 6.07) is 4.79. The average Bonchev–Trinajstić information content (AvgIpc) is 3.04. The maximum absolute atomic E-state index is 8.94. The lowest BCUT2D eigenvalue weighted by atomic mass is 10.1. The van der Waals surface area contributed by atoms with Gasteiger partial charge in [0.25, 0.3) is 0 Å². The molecule has 0 saturated carbocycles. The Bertz CT molecular complexity index is 446. The maximum Gasteiger partial charge on any atom is 0.104 e. The zero-order valence-electron chi connectivity index (χ0n) is 11.1. The summed E-state index contributed by atoms with van der Waals surface area (Å²) >= 11 is 1.71. The Morgan fingerprint density at radius 2 is 2.26 bits per heavy atom. The first-order valence-corrected chi connectivity index (χ1v) is 7.68. The third-order valence-electron chi connectivity index (χ3n) is 3.51. The lowest BCUT2D eigenvalue weighted by molar-refractivity contribution is 0.211. The molecule has 1 aliphatic rings. The van der Waals surface area contributed by atoms with E-state index in [1.54, 1.807) is 11.3 Å². The van der Waals surface area contributed by atoms with Gasteiger partial charge in [0, 0.05) is 24.1 Å². The Morgan fingerprint density at radius 3 is 3.05 bits per heavy atom.